The molecule has 6 nitrogen and oxygen atoms in total. The predicted octanol–water partition coefficient (Wildman–Crippen LogP) is 2.65. The van der Waals surface area contributed by atoms with Crippen molar-refractivity contribution in [1.29, 1.82) is 0 Å². The Balaban J connectivity index is 2.43. The van der Waals surface area contributed by atoms with Crippen molar-refractivity contribution in [3.63, 3.8) is 0 Å². The Hall–Kier alpha value is -1.44. The fraction of sp³-hybridized carbons (Fsp3) is 0.500. The van der Waals surface area contributed by atoms with Gasteiger partial charge < -0.3 is 5.11 Å². The first-order valence-electron chi connectivity index (χ1n) is 7.75. The zero-order chi connectivity index (χ0) is 17.9. The van der Waals surface area contributed by atoms with E-state index in [2.05, 4.69) is 0 Å². The number of primary sulfonamides is 1. The molecule has 24 heavy (non-hydrogen) atoms. The maximum atomic E-state index is 12.3. The number of hydrogen-bond acceptors (Lipinski definition) is 4. The van der Waals surface area contributed by atoms with Crippen LogP contribution in [0.5, 0.6) is 0 Å². The van der Waals surface area contributed by atoms with E-state index in [1.54, 1.807) is 12.1 Å². The third kappa shape index (κ3) is 4.55. The maximum absolute atomic E-state index is 12.3. The number of benzene rings is 1. The minimum atomic E-state index is -4.11. The van der Waals surface area contributed by atoms with Gasteiger partial charge in [0.25, 0.3) is 0 Å². The Bertz CT molecular complexity index is 739. The normalized spacial score (nSPS) is 21.4. The van der Waals surface area contributed by atoms with Gasteiger partial charge in [-0.15, -0.1) is 11.6 Å². The molecule has 0 aromatic heterocycles. The van der Waals surface area contributed by atoms with Gasteiger partial charge in [0.1, 0.15) is 0 Å². The minimum absolute atomic E-state index is 0.0238. The van der Waals surface area contributed by atoms with Crippen LogP contribution in [0.1, 0.15) is 60.4 Å². The van der Waals surface area contributed by atoms with Gasteiger partial charge in [0.15, 0.2) is 5.78 Å². The van der Waals surface area contributed by atoms with Crippen molar-refractivity contribution in [3.05, 3.63) is 29.3 Å². The summed E-state index contributed by atoms with van der Waals surface area (Å²) in [6.45, 7) is 0. The Kier molecular flexibility index (Phi) is 6.01. The number of sulfonamides is 1. The molecule has 132 valence electrons. The average Bonchev–Trinajstić information content (AvgIpc) is 2.51. The number of carbonyl (C=O) groups is 2. The van der Waals surface area contributed by atoms with Crippen LogP contribution in [0.4, 0.5) is 0 Å². The lowest BCUT2D eigenvalue weighted by Crippen LogP contribution is -2.22. The minimum Gasteiger partial charge on any atom is -0.481 e. The lowest BCUT2D eigenvalue weighted by atomic mass is 9.83. The van der Waals surface area contributed by atoms with E-state index in [0.29, 0.717) is 5.56 Å². The van der Waals surface area contributed by atoms with Gasteiger partial charge >= 0.3 is 5.97 Å². The topological polar surface area (TPSA) is 115 Å². The van der Waals surface area contributed by atoms with Gasteiger partial charge in [-0.25, -0.2) is 13.6 Å². The van der Waals surface area contributed by atoms with Gasteiger partial charge in [0.2, 0.25) is 10.0 Å². The highest BCUT2D eigenvalue weighted by Crippen LogP contribution is 2.38. The zero-order valence-electron chi connectivity index (χ0n) is 13.1. The molecule has 0 bridgehead atoms. The van der Waals surface area contributed by atoms with E-state index < -0.39 is 21.8 Å². The summed E-state index contributed by atoms with van der Waals surface area (Å²) < 4.78 is 24.2. The SMILES string of the molecule is NS(=O)(=O)c1c(C(=O)CCC(=O)O)cccc1C1CCC(Cl)CC1. The highest BCUT2D eigenvalue weighted by atomic mass is 35.5. The number of carbonyl (C=O) groups excluding carboxylic acids is 1. The van der Waals surface area contributed by atoms with Crippen molar-refractivity contribution in [3.8, 4) is 0 Å². The molecule has 8 heteroatoms. The molecule has 3 N–H and O–H groups in total. The fourth-order valence-corrected chi connectivity index (χ4v) is 4.44. The van der Waals surface area contributed by atoms with Gasteiger partial charge in [0, 0.05) is 17.4 Å². The lowest BCUT2D eigenvalue weighted by molar-refractivity contribution is -0.136. The molecule has 0 radical (unpaired) electrons. The molecular weight excluding hydrogens is 354 g/mol. The molecule has 1 saturated carbocycles. The number of rotatable bonds is 6. The van der Waals surface area contributed by atoms with Crippen LogP contribution in [0, 0.1) is 0 Å². The second-order valence-corrected chi connectivity index (χ2v) is 8.15. The standard InChI is InChI=1S/C16H20ClNO5S/c17-11-6-4-10(5-7-11)12-2-1-3-13(16(12)24(18,22)23)14(19)8-9-15(20)21/h1-3,10-11H,4-9H2,(H,20,21)(H2,18,22,23). The Morgan fingerprint density at radius 3 is 2.33 bits per heavy atom. The van der Waals surface area contributed by atoms with Gasteiger partial charge in [-0.1, -0.05) is 18.2 Å². The molecule has 2 rings (SSSR count). The second-order valence-electron chi connectivity index (χ2n) is 6.03. The van der Waals surface area contributed by atoms with E-state index >= 15 is 0 Å². The summed E-state index contributed by atoms with van der Waals surface area (Å²) in [6, 6.07) is 4.68. The first-order valence-corrected chi connectivity index (χ1v) is 9.73. The van der Waals surface area contributed by atoms with Crippen LogP contribution in [0.25, 0.3) is 0 Å². The van der Waals surface area contributed by atoms with Crippen LogP contribution in [-0.4, -0.2) is 30.7 Å². The Morgan fingerprint density at radius 2 is 1.79 bits per heavy atom. The molecule has 1 aromatic carbocycles. The quantitative estimate of drug-likeness (QED) is 0.587. The number of alkyl halides is 1. The largest absolute Gasteiger partial charge is 0.481 e. The van der Waals surface area contributed by atoms with Gasteiger partial charge in [-0.05, 0) is 37.2 Å². The molecule has 1 aliphatic rings. The number of nitrogens with two attached hydrogens (primary N) is 1. The molecule has 0 unspecified atom stereocenters. The lowest BCUT2D eigenvalue weighted by Gasteiger charge is -2.27. The number of hydrogen-bond donors (Lipinski definition) is 2. The highest BCUT2D eigenvalue weighted by molar-refractivity contribution is 7.89. The number of carboxylic acid groups (broad SMARTS) is 1. The number of aliphatic carboxylic acids is 1. The summed E-state index contributed by atoms with van der Waals surface area (Å²) in [6.07, 6.45) is 2.37. The van der Waals surface area contributed by atoms with E-state index in [0.717, 1.165) is 25.7 Å². The van der Waals surface area contributed by atoms with Crippen LogP contribution in [0.3, 0.4) is 0 Å². The maximum Gasteiger partial charge on any atom is 0.303 e. The third-order valence-corrected chi connectivity index (χ3v) is 5.75. The predicted molar refractivity (Wildman–Crippen MR) is 89.9 cm³/mol. The first-order chi connectivity index (χ1) is 11.2. The van der Waals surface area contributed by atoms with Crippen LogP contribution in [-0.2, 0) is 14.8 Å². The highest BCUT2D eigenvalue weighted by Gasteiger charge is 2.29. The fourth-order valence-electron chi connectivity index (χ4n) is 3.13. The summed E-state index contributed by atoms with van der Waals surface area (Å²) in [4.78, 5) is 22.8. The molecule has 1 fully saturated rings. The number of carboxylic acids is 1. The summed E-state index contributed by atoms with van der Waals surface area (Å²) in [5.74, 6) is -1.67. The number of Topliss-reactive ketones (excluding diaryl/α,β-unsaturated/α-hetero) is 1. The smallest absolute Gasteiger partial charge is 0.303 e. The molecular formula is C16H20ClNO5S. The van der Waals surface area contributed by atoms with Crippen molar-refractivity contribution in [1.82, 2.24) is 0 Å². The first kappa shape index (κ1) is 18.9. The summed E-state index contributed by atoms with van der Waals surface area (Å²) in [5, 5.41) is 14.2. The number of ketones is 1. The van der Waals surface area contributed by atoms with Crippen molar-refractivity contribution in [2.75, 3.05) is 0 Å². The molecule has 1 aliphatic carbocycles. The molecule has 0 aliphatic heterocycles. The van der Waals surface area contributed by atoms with Crippen LogP contribution in [0.2, 0.25) is 0 Å². The molecule has 0 heterocycles. The van der Waals surface area contributed by atoms with E-state index in [1.165, 1.54) is 6.07 Å². The van der Waals surface area contributed by atoms with E-state index in [4.69, 9.17) is 21.8 Å². The van der Waals surface area contributed by atoms with Crippen LogP contribution >= 0.6 is 11.6 Å². The zero-order valence-corrected chi connectivity index (χ0v) is 14.6. The summed E-state index contributed by atoms with van der Waals surface area (Å²) in [7, 11) is -4.11. The second kappa shape index (κ2) is 7.63. The van der Waals surface area contributed by atoms with E-state index in [1.807, 2.05) is 0 Å². The molecule has 0 amide bonds. The molecule has 0 spiro atoms. The average molecular weight is 374 g/mol. The van der Waals surface area contributed by atoms with Gasteiger partial charge in [0.05, 0.1) is 11.3 Å². The van der Waals surface area contributed by atoms with Gasteiger partial charge in [-0.2, -0.15) is 0 Å². The Morgan fingerprint density at radius 1 is 1.17 bits per heavy atom. The van der Waals surface area contributed by atoms with Crippen molar-refractivity contribution in [2.45, 2.75) is 54.7 Å². The summed E-state index contributed by atoms with van der Waals surface area (Å²) in [5.41, 5.74) is 0.506. The van der Waals surface area contributed by atoms with Gasteiger partial charge in [-0.3, -0.25) is 9.59 Å². The molecule has 0 atom stereocenters. The van der Waals surface area contributed by atoms with Crippen molar-refractivity contribution in [2.24, 2.45) is 5.14 Å². The van der Waals surface area contributed by atoms with Crippen molar-refractivity contribution < 1.29 is 23.1 Å². The van der Waals surface area contributed by atoms with E-state index in [-0.39, 0.29) is 34.6 Å². The van der Waals surface area contributed by atoms with E-state index in [9.17, 15) is 18.0 Å². The molecule has 1 aromatic rings. The molecule has 0 saturated heterocycles. The van der Waals surface area contributed by atoms with Crippen LogP contribution in [0.15, 0.2) is 23.1 Å². The number of halogens is 1. The summed E-state index contributed by atoms with van der Waals surface area (Å²) >= 11 is 6.10. The Labute approximate surface area is 146 Å². The van der Waals surface area contributed by atoms with Crippen molar-refractivity contribution >= 4 is 33.4 Å². The third-order valence-electron chi connectivity index (χ3n) is 4.29. The monoisotopic (exact) mass is 373 g/mol. The van der Waals surface area contributed by atoms with Crippen LogP contribution < -0.4 is 5.14 Å².